The molecule has 0 N–H and O–H groups in total. The van der Waals surface area contributed by atoms with Crippen LogP contribution < -0.4 is 0 Å². The van der Waals surface area contributed by atoms with Crippen LogP contribution in [0.1, 0.15) is 13.8 Å². The molecule has 0 spiro atoms. The smallest absolute Gasteiger partial charge is 0.396 e. The second kappa shape index (κ2) is 9.95. The van der Waals surface area contributed by atoms with Crippen LogP contribution in [0, 0.1) is 0 Å². The Kier molecular flexibility index (Phi) is 10.6. The van der Waals surface area contributed by atoms with Crippen LogP contribution in [0.3, 0.4) is 0 Å². The van der Waals surface area contributed by atoms with Crippen molar-refractivity contribution in [3.8, 4) is 0 Å². The minimum absolute atomic E-state index is 0.365. The van der Waals surface area contributed by atoms with Crippen molar-refractivity contribution in [3.05, 3.63) is 0 Å². The average Bonchev–Trinajstić information content (AvgIpc) is 2.29. The molecular formula is C8H20O4S2Si2. The van der Waals surface area contributed by atoms with Crippen LogP contribution in [0.2, 0.25) is 0 Å². The zero-order valence-corrected chi connectivity index (χ0v) is 14.2. The Hall–Kier alpha value is 0.974. The first-order valence-corrected chi connectivity index (χ1v) is 9.88. The molecule has 16 heavy (non-hydrogen) atoms. The highest BCUT2D eigenvalue weighted by Gasteiger charge is 2.27. The van der Waals surface area contributed by atoms with Crippen molar-refractivity contribution < 1.29 is 17.7 Å². The molecule has 0 aromatic rings. The van der Waals surface area contributed by atoms with Crippen molar-refractivity contribution in [2.75, 3.05) is 28.4 Å². The van der Waals surface area contributed by atoms with Crippen LogP contribution in [-0.4, -0.2) is 56.8 Å². The third-order valence-corrected chi connectivity index (χ3v) is 10.4. The second-order valence-electron chi connectivity index (χ2n) is 2.93. The van der Waals surface area contributed by atoms with E-state index in [-0.39, 0.29) is 0 Å². The molecule has 96 valence electrons. The first kappa shape index (κ1) is 17.0. The van der Waals surface area contributed by atoms with E-state index in [0.717, 1.165) is 0 Å². The van der Waals surface area contributed by atoms with Crippen LogP contribution in [0.4, 0.5) is 0 Å². The summed E-state index contributed by atoms with van der Waals surface area (Å²) in [6, 6.07) is 0. The van der Waals surface area contributed by atoms with Gasteiger partial charge >= 0.3 is 18.6 Å². The van der Waals surface area contributed by atoms with Crippen LogP contribution in [-0.2, 0) is 17.7 Å². The highest BCUT2D eigenvalue weighted by Crippen LogP contribution is 2.33. The Balaban J connectivity index is 3.93. The Bertz CT molecular complexity index is 152. The molecule has 0 saturated heterocycles. The first-order chi connectivity index (χ1) is 7.60. The van der Waals surface area contributed by atoms with Crippen LogP contribution in [0.5, 0.6) is 0 Å². The van der Waals surface area contributed by atoms with E-state index in [1.165, 1.54) is 0 Å². The monoisotopic (exact) mass is 300 g/mol. The average molecular weight is 301 g/mol. The minimum atomic E-state index is -1.16. The summed E-state index contributed by atoms with van der Waals surface area (Å²) in [4.78, 5) is 0.730. The molecule has 0 aliphatic heterocycles. The number of hydrogen-bond acceptors (Lipinski definition) is 6. The summed E-state index contributed by atoms with van der Waals surface area (Å²) in [5.74, 6) is 0. The van der Waals surface area contributed by atoms with Crippen molar-refractivity contribution in [2.24, 2.45) is 0 Å². The van der Waals surface area contributed by atoms with Crippen molar-refractivity contribution in [3.63, 3.8) is 0 Å². The molecule has 2 radical (unpaired) electrons. The molecule has 0 amide bonds. The fourth-order valence-corrected chi connectivity index (χ4v) is 8.27. The zero-order chi connectivity index (χ0) is 12.6. The lowest BCUT2D eigenvalue weighted by Gasteiger charge is -2.20. The van der Waals surface area contributed by atoms with Gasteiger partial charge in [0.05, 0.1) is 9.75 Å². The standard InChI is InChI=1S/C8H20O4S2Si2/c1-7(15(9-3)10-4)13-14-8(2)16(11-5)12-6/h7-8H,1-6H3. The summed E-state index contributed by atoms with van der Waals surface area (Å²) in [5.41, 5.74) is 0. The zero-order valence-electron chi connectivity index (χ0n) is 10.6. The maximum Gasteiger partial charge on any atom is 0.399 e. The van der Waals surface area contributed by atoms with Gasteiger partial charge in [0.15, 0.2) is 0 Å². The van der Waals surface area contributed by atoms with Gasteiger partial charge < -0.3 is 17.7 Å². The van der Waals surface area contributed by atoms with E-state index >= 15 is 0 Å². The summed E-state index contributed by atoms with van der Waals surface area (Å²) < 4.78 is 21.2. The molecule has 0 heterocycles. The molecule has 0 rings (SSSR count). The summed E-state index contributed by atoms with van der Waals surface area (Å²) in [7, 11) is 8.02. The van der Waals surface area contributed by atoms with Gasteiger partial charge in [-0.2, -0.15) is 0 Å². The molecule has 2 unspecified atom stereocenters. The predicted molar refractivity (Wildman–Crippen MR) is 73.7 cm³/mol. The summed E-state index contributed by atoms with van der Waals surface area (Å²) >= 11 is 0. The van der Waals surface area contributed by atoms with Crippen LogP contribution >= 0.6 is 21.6 Å². The normalized spacial score (nSPS) is 15.8. The van der Waals surface area contributed by atoms with Gasteiger partial charge in [-0.3, -0.25) is 0 Å². The second-order valence-corrected chi connectivity index (χ2v) is 11.4. The van der Waals surface area contributed by atoms with Gasteiger partial charge in [0, 0.05) is 28.4 Å². The molecule has 4 nitrogen and oxygen atoms in total. The Labute approximate surface area is 110 Å². The largest absolute Gasteiger partial charge is 0.399 e. The van der Waals surface area contributed by atoms with E-state index in [0.29, 0.717) is 9.75 Å². The van der Waals surface area contributed by atoms with E-state index in [4.69, 9.17) is 17.7 Å². The molecule has 0 aromatic carbocycles. The van der Waals surface area contributed by atoms with Crippen molar-refractivity contribution in [1.29, 1.82) is 0 Å². The third kappa shape index (κ3) is 6.06. The molecule has 0 aliphatic rings. The summed E-state index contributed by atoms with van der Waals surface area (Å²) in [5, 5.41) is 0. The molecule has 2 atom stereocenters. The molecule has 8 heteroatoms. The lowest BCUT2D eigenvalue weighted by Crippen LogP contribution is -2.33. The Morgan fingerprint density at radius 1 is 0.688 bits per heavy atom. The van der Waals surface area contributed by atoms with Crippen molar-refractivity contribution in [1.82, 2.24) is 0 Å². The van der Waals surface area contributed by atoms with Crippen molar-refractivity contribution in [2.45, 2.75) is 23.6 Å². The molecule has 0 aliphatic carbocycles. The summed E-state index contributed by atoms with van der Waals surface area (Å²) in [6.07, 6.45) is 0. The van der Waals surface area contributed by atoms with Gasteiger partial charge in [-0.05, 0) is 0 Å². The lowest BCUT2D eigenvalue weighted by atomic mass is 11.0. The molecule has 0 saturated carbocycles. The van der Waals surface area contributed by atoms with E-state index < -0.39 is 18.6 Å². The molecule has 0 bridgehead atoms. The van der Waals surface area contributed by atoms with Gasteiger partial charge in [-0.25, -0.2) is 0 Å². The quantitative estimate of drug-likeness (QED) is 0.477. The fraction of sp³-hybridized carbons (Fsp3) is 1.00. The Morgan fingerprint density at radius 3 is 1.12 bits per heavy atom. The molecule has 0 fully saturated rings. The van der Waals surface area contributed by atoms with Gasteiger partial charge in [0.25, 0.3) is 0 Å². The van der Waals surface area contributed by atoms with Gasteiger partial charge in [0.1, 0.15) is 0 Å². The van der Waals surface area contributed by atoms with E-state index in [9.17, 15) is 0 Å². The van der Waals surface area contributed by atoms with E-state index in [2.05, 4.69) is 13.8 Å². The molecular weight excluding hydrogens is 280 g/mol. The Morgan fingerprint density at radius 2 is 0.938 bits per heavy atom. The number of rotatable bonds is 9. The third-order valence-electron chi connectivity index (χ3n) is 1.81. The maximum atomic E-state index is 5.30. The molecule has 0 aromatic heterocycles. The lowest BCUT2D eigenvalue weighted by molar-refractivity contribution is 0.276. The highest BCUT2D eigenvalue weighted by molar-refractivity contribution is 8.77. The fourth-order valence-electron chi connectivity index (χ4n) is 1.08. The predicted octanol–water partition coefficient (Wildman–Crippen LogP) is 1.79. The van der Waals surface area contributed by atoms with Gasteiger partial charge in [-0.1, -0.05) is 35.4 Å². The first-order valence-electron chi connectivity index (χ1n) is 4.82. The van der Waals surface area contributed by atoms with Crippen molar-refractivity contribution >= 4 is 40.2 Å². The van der Waals surface area contributed by atoms with Gasteiger partial charge in [-0.15, -0.1) is 0 Å². The van der Waals surface area contributed by atoms with Gasteiger partial charge in [0.2, 0.25) is 0 Å². The highest BCUT2D eigenvalue weighted by atomic mass is 33.1. The van der Waals surface area contributed by atoms with Crippen LogP contribution in [0.25, 0.3) is 0 Å². The maximum absolute atomic E-state index is 5.30. The van der Waals surface area contributed by atoms with E-state index in [1.54, 1.807) is 50.0 Å². The topological polar surface area (TPSA) is 36.9 Å². The number of hydrogen-bond donors (Lipinski definition) is 0. The SMILES string of the molecule is CO[Si](OC)C(C)SSC(C)[Si](OC)OC. The minimum Gasteiger partial charge on any atom is -0.396 e. The summed E-state index contributed by atoms with van der Waals surface area (Å²) in [6.45, 7) is 4.25. The van der Waals surface area contributed by atoms with E-state index in [1.807, 2.05) is 0 Å². The van der Waals surface area contributed by atoms with Crippen LogP contribution in [0.15, 0.2) is 0 Å².